The zero-order chi connectivity index (χ0) is 11.3. The maximum absolute atomic E-state index is 10.1. The van der Waals surface area contributed by atoms with Crippen molar-refractivity contribution in [2.24, 2.45) is 0 Å². The number of phenolic OH excluding ortho intramolecular Hbond substituents is 1. The van der Waals surface area contributed by atoms with E-state index in [0.717, 1.165) is 43.2 Å². The molecule has 1 aromatic rings. The molecule has 0 spiro atoms. The van der Waals surface area contributed by atoms with Crippen LogP contribution in [0.3, 0.4) is 0 Å². The van der Waals surface area contributed by atoms with E-state index in [1.165, 1.54) is 5.56 Å². The zero-order valence-corrected chi connectivity index (χ0v) is 10.1. The quantitative estimate of drug-likeness (QED) is 0.775. The second kappa shape index (κ2) is 5.79. The Bertz CT molecular complexity index is 288. The topological polar surface area (TPSA) is 20.2 Å². The summed E-state index contributed by atoms with van der Waals surface area (Å²) in [5.74, 6) is 0.538. The van der Waals surface area contributed by atoms with E-state index in [1.54, 1.807) is 0 Å². The van der Waals surface area contributed by atoms with Crippen LogP contribution in [-0.2, 0) is 19.3 Å². The molecular weight excluding hydrogens is 184 g/mol. The highest BCUT2D eigenvalue weighted by Crippen LogP contribution is 2.27. The zero-order valence-electron chi connectivity index (χ0n) is 10.1. The van der Waals surface area contributed by atoms with Crippen molar-refractivity contribution in [1.82, 2.24) is 0 Å². The van der Waals surface area contributed by atoms with Crippen molar-refractivity contribution in [3.8, 4) is 5.75 Å². The van der Waals surface area contributed by atoms with Gasteiger partial charge < -0.3 is 5.11 Å². The number of phenols is 1. The largest absolute Gasteiger partial charge is 0.507 e. The highest BCUT2D eigenvalue weighted by atomic mass is 16.3. The van der Waals surface area contributed by atoms with Crippen molar-refractivity contribution < 1.29 is 5.11 Å². The van der Waals surface area contributed by atoms with Crippen LogP contribution >= 0.6 is 0 Å². The molecule has 15 heavy (non-hydrogen) atoms. The Labute approximate surface area is 93.1 Å². The Morgan fingerprint density at radius 2 is 1.40 bits per heavy atom. The Morgan fingerprint density at radius 3 is 1.73 bits per heavy atom. The molecule has 1 heteroatoms. The molecule has 0 aromatic heterocycles. The molecule has 0 amide bonds. The van der Waals surface area contributed by atoms with Gasteiger partial charge in [-0.25, -0.2) is 0 Å². The van der Waals surface area contributed by atoms with E-state index in [2.05, 4.69) is 32.9 Å². The molecule has 84 valence electrons. The van der Waals surface area contributed by atoms with Crippen LogP contribution in [0.25, 0.3) is 0 Å². The molecule has 1 nitrogen and oxygen atoms in total. The number of rotatable bonds is 5. The predicted molar refractivity (Wildman–Crippen MR) is 65.5 cm³/mol. The molecule has 0 aliphatic carbocycles. The molecule has 0 radical (unpaired) electrons. The molecule has 1 aromatic carbocycles. The van der Waals surface area contributed by atoms with Crippen LogP contribution in [0.4, 0.5) is 0 Å². The lowest BCUT2D eigenvalue weighted by atomic mass is 9.97. The highest BCUT2D eigenvalue weighted by molar-refractivity contribution is 5.44. The van der Waals surface area contributed by atoms with Crippen LogP contribution < -0.4 is 0 Å². The molecule has 0 atom stereocenters. The van der Waals surface area contributed by atoms with E-state index in [9.17, 15) is 5.11 Å². The molecule has 0 saturated carbocycles. The van der Waals surface area contributed by atoms with Crippen LogP contribution in [0.5, 0.6) is 5.75 Å². The lowest BCUT2D eigenvalue weighted by Crippen LogP contribution is -1.94. The summed E-state index contributed by atoms with van der Waals surface area (Å²) in [5.41, 5.74) is 3.60. The summed E-state index contributed by atoms with van der Waals surface area (Å²) in [6.45, 7) is 6.47. The normalized spacial score (nSPS) is 10.6. The van der Waals surface area contributed by atoms with Gasteiger partial charge in [0, 0.05) is 0 Å². The van der Waals surface area contributed by atoms with E-state index >= 15 is 0 Å². The number of aromatic hydroxyl groups is 1. The van der Waals surface area contributed by atoms with Crippen LogP contribution in [0, 0.1) is 0 Å². The van der Waals surface area contributed by atoms with Gasteiger partial charge in [-0.3, -0.25) is 0 Å². The van der Waals surface area contributed by atoms with Gasteiger partial charge in [0.1, 0.15) is 5.75 Å². The van der Waals surface area contributed by atoms with Gasteiger partial charge >= 0.3 is 0 Å². The second-order valence-corrected chi connectivity index (χ2v) is 4.12. The summed E-state index contributed by atoms with van der Waals surface area (Å²) in [6, 6.07) is 4.30. The lowest BCUT2D eigenvalue weighted by Gasteiger charge is -2.11. The minimum atomic E-state index is 0.538. The van der Waals surface area contributed by atoms with Crippen molar-refractivity contribution in [3.63, 3.8) is 0 Å². The molecule has 0 aliphatic heterocycles. The third-order valence-corrected chi connectivity index (χ3v) is 2.77. The Kier molecular flexibility index (Phi) is 4.67. The monoisotopic (exact) mass is 206 g/mol. The van der Waals surface area contributed by atoms with Crippen molar-refractivity contribution >= 4 is 0 Å². The van der Waals surface area contributed by atoms with Crippen LogP contribution in [0.2, 0.25) is 0 Å². The van der Waals surface area contributed by atoms with Gasteiger partial charge in [0.2, 0.25) is 0 Å². The highest BCUT2D eigenvalue weighted by Gasteiger charge is 2.08. The number of hydrogen-bond acceptors (Lipinski definition) is 1. The van der Waals surface area contributed by atoms with Crippen molar-refractivity contribution in [1.29, 1.82) is 0 Å². The molecule has 0 unspecified atom stereocenters. The average Bonchev–Trinajstić information content (AvgIpc) is 2.24. The molecule has 0 heterocycles. The molecule has 1 N–H and O–H groups in total. The van der Waals surface area contributed by atoms with E-state index in [0.29, 0.717) is 5.75 Å². The first-order chi connectivity index (χ1) is 7.22. The first-order valence-electron chi connectivity index (χ1n) is 6.06. The molecule has 0 aliphatic rings. The number of hydrogen-bond donors (Lipinski definition) is 1. The molecule has 0 saturated heterocycles. The average molecular weight is 206 g/mol. The summed E-state index contributed by atoms with van der Waals surface area (Å²) < 4.78 is 0. The van der Waals surface area contributed by atoms with Gasteiger partial charge in [-0.2, -0.15) is 0 Å². The van der Waals surface area contributed by atoms with Gasteiger partial charge in [0.25, 0.3) is 0 Å². The number of benzene rings is 1. The SMILES string of the molecule is CCCc1cc(CC)cc(CCC)c1O. The fraction of sp³-hybridized carbons (Fsp3) is 0.571. The third-order valence-electron chi connectivity index (χ3n) is 2.77. The molecule has 0 bridgehead atoms. The minimum absolute atomic E-state index is 0.538. The van der Waals surface area contributed by atoms with Crippen LogP contribution in [-0.4, -0.2) is 5.11 Å². The van der Waals surface area contributed by atoms with Gasteiger partial charge in [0.15, 0.2) is 0 Å². The molecular formula is C14H22O. The summed E-state index contributed by atoms with van der Waals surface area (Å²) in [7, 11) is 0. The fourth-order valence-corrected chi connectivity index (χ4v) is 1.96. The van der Waals surface area contributed by atoms with Crippen molar-refractivity contribution in [2.75, 3.05) is 0 Å². The van der Waals surface area contributed by atoms with Gasteiger partial charge in [-0.1, -0.05) is 45.7 Å². The third kappa shape index (κ3) is 2.98. The first kappa shape index (κ1) is 12.1. The Hall–Kier alpha value is -0.980. The maximum atomic E-state index is 10.1. The molecule has 0 fully saturated rings. The van der Waals surface area contributed by atoms with E-state index in [1.807, 2.05) is 0 Å². The van der Waals surface area contributed by atoms with Gasteiger partial charge in [0.05, 0.1) is 0 Å². The summed E-state index contributed by atoms with van der Waals surface area (Å²) in [6.07, 6.45) is 5.19. The number of aryl methyl sites for hydroxylation is 3. The van der Waals surface area contributed by atoms with E-state index in [-0.39, 0.29) is 0 Å². The van der Waals surface area contributed by atoms with Crippen LogP contribution in [0.1, 0.15) is 50.3 Å². The Balaban J connectivity index is 3.08. The summed E-state index contributed by atoms with van der Waals surface area (Å²) in [4.78, 5) is 0. The van der Waals surface area contributed by atoms with E-state index < -0.39 is 0 Å². The van der Waals surface area contributed by atoms with Crippen LogP contribution in [0.15, 0.2) is 12.1 Å². The first-order valence-corrected chi connectivity index (χ1v) is 6.06. The molecule has 1 rings (SSSR count). The van der Waals surface area contributed by atoms with E-state index in [4.69, 9.17) is 0 Å². The summed E-state index contributed by atoms with van der Waals surface area (Å²) in [5, 5.41) is 10.1. The van der Waals surface area contributed by atoms with Crippen molar-refractivity contribution in [2.45, 2.75) is 52.9 Å². The smallest absolute Gasteiger partial charge is 0.121 e. The van der Waals surface area contributed by atoms with Gasteiger partial charge in [-0.15, -0.1) is 0 Å². The predicted octanol–water partition coefficient (Wildman–Crippen LogP) is 3.86. The Morgan fingerprint density at radius 1 is 0.933 bits per heavy atom. The maximum Gasteiger partial charge on any atom is 0.121 e. The van der Waals surface area contributed by atoms with Gasteiger partial charge in [-0.05, 0) is 36.0 Å². The minimum Gasteiger partial charge on any atom is -0.507 e. The summed E-state index contributed by atoms with van der Waals surface area (Å²) >= 11 is 0. The lowest BCUT2D eigenvalue weighted by molar-refractivity contribution is 0.459. The standard InChI is InChI=1S/C14H22O/c1-4-7-12-9-11(6-3)10-13(8-5-2)14(12)15/h9-10,15H,4-8H2,1-3H3. The second-order valence-electron chi connectivity index (χ2n) is 4.12. The fourth-order valence-electron chi connectivity index (χ4n) is 1.96. The van der Waals surface area contributed by atoms with Crippen molar-refractivity contribution in [3.05, 3.63) is 28.8 Å².